The van der Waals surface area contributed by atoms with Crippen LogP contribution in [0.5, 0.6) is 0 Å². The lowest BCUT2D eigenvalue weighted by molar-refractivity contribution is -0.131. The van der Waals surface area contributed by atoms with Gasteiger partial charge in [0.2, 0.25) is 5.91 Å². The fourth-order valence-corrected chi connectivity index (χ4v) is 2.18. The Hall–Kier alpha value is -1.36. The molecule has 1 aliphatic rings. The van der Waals surface area contributed by atoms with Gasteiger partial charge in [-0.1, -0.05) is 19.4 Å². The van der Waals surface area contributed by atoms with Crippen LogP contribution in [-0.4, -0.2) is 29.6 Å². The van der Waals surface area contributed by atoms with E-state index < -0.39 is 5.97 Å². The predicted molar refractivity (Wildman–Crippen MR) is 59.6 cm³/mol. The standard InChI is InChI=1S/C11H18N2O3/c1-2-7(8-5-6-13-11(8)16)9(12)3-4-10(14)15/h3-4,7-9H,2,5-6,12H2,1H3,(H,13,16)(H,14,15)/b4-3+/t7?,8-,9-/m0/s1. The Labute approximate surface area is 94.7 Å². The minimum atomic E-state index is -1.01. The Bertz CT molecular complexity index is 302. The Balaban J connectivity index is 2.66. The van der Waals surface area contributed by atoms with Crippen molar-refractivity contribution in [2.24, 2.45) is 17.6 Å². The van der Waals surface area contributed by atoms with Crippen molar-refractivity contribution in [2.75, 3.05) is 6.54 Å². The van der Waals surface area contributed by atoms with Gasteiger partial charge < -0.3 is 16.2 Å². The van der Waals surface area contributed by atoms with Gasteiger partial charge in [0.1, 0.15) is 0 Å². The van der Waals surface area contributed by atoms with E-state index >= 15 is 0 Å². The number of carbonyl (C=O) groups is 2. The molecule has 0 spiro atoms. The third kappa shape index (κ3) is 3.06. The van der Waals surface area contributed by atoms with Gasteiger partial charge in [-0.25, -0.2) is 4.79 Å². The molecule has 1 heterocycles. The zero-order chi connectivity index (χ0) is 12.1. The molecule has 1 aliphatic heterocycles. The van der Waals surface area contributed by atoms with Gasteiger partial charge in [0.25, 0.3) is 0 Å². The lowest BCUT2D eigenvalue weighted by atomic mass is 9.83. The van der Waals surface area contributed by atoms with Gasteiger partial charge in [-0.05, 0) is 12.3 Å². The molecule has 0 aliphatic carbocycles. The van der Waals surface area contributed by atoms with Crippen LogP contribution in [0.15, 0.2) is 12.2 Å². The minimum absolute atomic E-state index is 0.0121. The molecule has 0 aromatic heterocycles. The summed E-state index contributed by atoms with van der Waals surface area (Å²) in [5.74, 6) is -1.05. The molecule has 16 heavy (non-hydrogen) atoms. The highest BCUT2D eigenvalue weighted by molar-refractivity contribution is 5.81. The molecule has 1 amide bonds. The van der Waals surface area contributed by atoms with Crippen molar-refractivity contribution < 1.29 is 14.7 Å². The Kier molecular flexibility index (Phi) is 4.49. The normalized spacial score (nSPS) is 24.4. The molecule has 5 nitrogen and oxygen atoms in total. The molecule has 3 atom stereocenters. The molecule has 0 aromatic rings. The van der Waals surface area contributed by atoms with Gasteiger partial charge >= 0.3 is 5.97 Å². The average molecular weight is 226 g/mol. The van der Waals surface area contributed by atoms with Crippen molar-refractivity contribution in [3.05, 3.63) is 12.2 Å². The van der Waals surface area contributed by atoms with Gasteiger partial charge in [-0.15, -0.1) is 0 Å². The van der Waals surface area contributed by atoms with E-state index in [1.807, 2.05) is 6.92 Å². The van der Waals surface area contributed by atoms with Crippen LogP contribution in [0.1, 0.15) is 19.8 Å². The van der Waals surface area contributed by atoms with Crippen molar-refractivity contribution in [3.8, 4) is 0 Å². The molecule has 0 radical (unpaired) electrons. The van der Waals surface area contributed by atoms with Crippen LogP contribution in [-0.2, 0) is 9.59 Å². The summed E-state index contributed by atoms with van der Waals surface area (Å²) in [5, 5.41) is 11.3. The molecular formula is C11H18N2O3. The number of rotatable bonds is 5. The average Bonchev–Trinajstić information content (AvgIpc) is 2.63. The third-order valence-corrected chi connectivity index (χ3v) is 3.03. The van der Waals surface area contributed by atoms with E-state index in [-0.39, 0.29) is 23.8 Å². The van der Waals surface area contributed by atoms with E-state index in [1.54, 1.807) is 0 Å². The van der Waals surface area contributed by atoms with Crippen LogP contribution in [0.25, 0.3) is 0 Å². The minimum Gasteiger partial charge on any atom is -0.478 e. The number of nitrogens with one attached hydrogen (secondary N) is 1. The molecule has 0 bridgehead atoms. The van der Waals surface area contributed by atoms with E-state index in [2.05, 4.69) is 5.32 Å². The molecule has 1 rings (SSSR count). The van der Waals surface area contributed by atoms with Gasteiger partial charge in [-0.2, -0.15) is 0 Å². The summed E-state index contributed by atoms with van der Waals surface area (Å²) >= 11 is 0. The van der Waals surface area contributed by atoms with Gasteiger partial charge in [0.05, 0.1) is 0 Å². The van der Waals surface area contributed by atoms with Crippen molar-refractivity contribution in [2.45, 2.75) is 25.8 Å². The maximum Gasteiger partial charge on any atom is 0.328 e. The van der Waals surface area contributed by atoms with E-state index in [0.29, 0.717) is 6.54 Å². The summed E-state index contributed by atoms with van der Waals surface area (Å²) in [4.78, 5) is 21.9. The van der Waals surface area contributed by atoms with Crippen molar-refractivity contribution in [1.82, 2.24) is 5.32 Å². The zero-order valence-electron chi connectivity index (χ0n) is 9.35. The van der Waals surface area contributed by atoms with Crippen molar-refractivity contribution >= 4 is 11.9 Å². The van der Waals surface area contributed by atoms with Crippen LogP contribution < -0.4 is 11.1 Å². The maximum atomic E-state index is 11.5. The number of amides is 1. The molecule has 1 fully saturated rings. The van der Waals surface area contributed by atoms with Gasteiger partial charge in [0, 0.05) is 24.6 Å². The van der Waals surface area contributed by atoms with Crippen LogP contribution in [0.4, 0.5) is 0 Å². The first kappa shape index (κ1) is 12.7. The Morgan fingerprint density at radius 1 is 1.75 bits per heavy atom. The maximum absolute atomic E-state index is 11.5. The van der Waals surface area contributed by atoms with E-state index in [1.165, 1.54) is 6.08 Å². The van der Waals surface area contributed by atoms with Crippen LogP contribution in [0, 0.1) is 11.8 Å². The quantitative estimate of drug-likeness (QED) is 0.580. The van der Waals surface area contributed by atoms with Gasteiger partial charge in [0.15, 0.2) is 0 Å². The second kappa shape index (κ2) is 5.65. The highest BCUT2D eigenvalue weighted by atomic mass is 16.4. The number of carbonyl (C=O) groups excluding carboxylic acids is 1. The second-order valence-electron chi connectivity index (χ2n) is 4.03. The number of hydrogen-bond acceptors (Lipinski definition) is 3. The largest absolute Gasteiger partial charge is 0.478 e. The molecule has 1 saturated heterocycles. The molecule has 5 heteroatoms. The number of carboxylic acid groups (broad SMARTS) is 1. The first-order chi connectivity index (χ1) is 7.56. The van der Waals surface area contributed by atoms with E-state index in [0.717, 1.165) is 18.9 Å². The molecule has 0 saturated carbocycles. The molecule has 4 N–H and O–H groups in total. The lowest BCUT2D eigenvalue weighted by Gasteiger charge is -2.24. The monoisotopic (exact) mass is 226 g/mol. The summed E-state index contributed by atoms with van der Waals surface area (Å²) in [6.45, 7) is 2.65. The van der Waals surface area contributed by atoms with Gasteiger partial charge in [-0.3, -0.25) is 4.79 Å². The number of aliphatic carboxylic acids is 1. The summed E-state index contributed by atoms with van der Waals surface area (Å²) < 4.78 is 0. The van der Waals surface area contributed by atoms with E-state index in [9.17, 15) is 9.59 Å². The first-order valence-corrected chi connectivity index (χ1v) is 5.50. The Morgan fingerprint density at radius 3 is 2.88 bits per heavy atom. The molecule has 0 aromatic carbocycles. The Morgan fingerprint density at radius 2 is 2.44 bits per heavy atom. The summed E-state index contributed by atoms with van der Waals surface area (Å²) in [6, 6.07) is -0.380. The number of nitrogens with two attached hydrogens (primary N) is 1. The fraction of sp³-hybridized carbons (Fsp3) is 0.636. The highest BCUT2D eigenvalue weighted by Crippen LogP contribution is 2.25. The topological polar surface area (TPSA) is 92.4 Å². The van der Waals surface area contributed by atoms with E-state index in [4.69, 9.17) is 10.8 Å². The van der Waals surface area contributed by atoms with Crippen LogP contribution >= 0.6 is 0 Å². The third-order valence-electron chi connectivity index (χ3n) is 3.03. The summed E-state index contributed by atoms with van der Waals surface area (Å²) in [5.41, 5.74) is 5.89. The molecule has 1 unspecified atom stereocenters. The first-order valence-electron chi connectivity index (χ1n) is 5.50. The number of hydrogen-bond donors (Lipinski definition) is 3. The lowest BCUT2D eigenvalue weighted by Crippen LogP contribution is -2.36. The smallest absolute Gasteiger partial charge is 0.328 e. The SMILES string of the molecule is CCC([C@@H]1CCNC1=O)[C@@H](N)/C=C/C(=O)O. The zero-order valence-corrected chi connectivity index (χ0v) is 9.35. The van der Waals surface area contributed by atoms with Crippen molar-refractivity contribution in [3.63, 3.8) is 0 Å². The second-order valence-corrected chi connectivity index (χ2v) is 4.03. The fourth-order valence-electron chi connectivity index (χ4n) is 2.18. The van der Waals surface area contributed by atoms with Crippen molar-refractivity contribution in [1.29, 1.82) is 0 Å². The number of carboxylic acids is 1. The van der Waals surface area contributed by atoms with Crippen LogP contribution in [0.2, 0.25) is 0 Å². The predicted octanol–water partition coefficient (Wildman–Crippen LogP) is 0.117. The summed E-state index contributed by atoms with van der Waals surface area (Å²) in [7, 11) is 0. The molecular weight excluding hydrogens is 208 g/mol. The summed E-state index contributed by atoms with van der Waals surface area (Å²) in [6.07, 6.45) is 4.05. The highest BCUT2D eigenvalue weighted by Gasteiger charge is 2.33. The molecule has 90 valence electrons. The van der Waals surface area contributed by atoms with Crippen LogP contribution in [0.3, 0.4) is 0 Å².